The van der Waals surface area contributed by atoms with E-state index in [1.165, 1.54) is 12.1 Å². The number of ether oxygens (including phenoxy) is 1. The Morgan fingerprint density at radius 3 is 2.62 bits per heavy atom. The Balaban J connectivity index is 1.19. The molecule has 8 nitrogen and oxygen atoms in total. The minimum Gasteiger partial charge on any atom is -0.492 e. The molecule has 0 spiro atoms. The van der Waals surface area contributed by atoms with Crippen molar-refractivity contribution in [3.63, 3.8) is 0 Å². The summed E-state index contributed by atoms with van der Waals surface area (Å²) >= 11 is 0. The predicted octanol–water partition coefficient (Wildman–Crippen LogP) is 3.66. The quantitative estimate of drug-likeness (QED) is 0.532. The zero-order valence-corrected chi connectivity index (χ0v) is 18.8. The average molecular weight is 466 g/mol. The number of urea groups is 1. The number of piperidine rings is 1. The topological polar surface area (TPSA) is 88.5 Å². The molecule has 2 aromatic carbocycles. The number of anilines is 1. The van der Waals surface area contributed by atoms with Gasteiger partial charge in [-0.1, -0.05) is 18.2 Å². The lowest BCUT2D eigenvalue weighted by Crippen LogP contribution is -2.44. The van der Waals surface area contributed by atoms with Crippen molar-refractivity contribution in [3.05, 3.63) is 78.4 Å². The van der Waals surface area contributed by atoms with Gasteiger partial charge in [-0.05, 0) is 48.7 Å². The van der Waals surface area contributed by atoms with Gasteiger partial charge in [0.15, 0.2) is 0 Å². The molecular formula is C25H28FN5O3. The third-order valence-corrected chi connectivity index (χ3v) is 5.77. The Morgan fingerprint density at radius 1 is 1.09 bits per heavy atom. The zero-order valence-electron chi connectivity index (χ0n) is 18.8. The number of halogens is 1. The first kappa shape index (κ1) is 23.3. The molecule has 34 heavy (non-hydrogen) atoms. The van der Waals surface area contributed by atoms with Gasteiger partial charge in [0, 0.05) is 49.7 Å². The second-order valence-corrected chi connectivity index (χ2v) is 8.18. The van der Waals surface area contributed by atoms with Crippen LogP contribution >= 0.6 is 0 Å². The molecule has 0 atom stereocenters. The highest BCUT2D eigenvalue weighted by atomic mass is 19.1. The van der Waals surface area contributed by atoms with Crippen LogP contribution in [0.1, 0.15) is 18.4 Å². The van der Waals surface area contributed by atoms with Crippen molar-refractivity contribution in [2.24, 2.45) is 5.92 Å². The Morgan fingerprint density at radius 2 is 1.88 bits per heavy atom. The molecule has 1 aliphatic rings. The van der Waals surface area contributed by atoms with E-state index in [0.29, 0.717) is 57.1 Å². The third-order valence-electron chi connectivity index (χ3n) is 5.77. The molecular weight excluding hydrogens is 437 g/mol. The number of benzene rings is 2. The standard InChI is InChI=1S/C25H28FN5O3/c26-21-7-5-19(6-8-21)18-27-24(32)20-9-13-30(14-10-20)25(33)29-22-3-1-4-23(17-22)34-16-15-31-12-2-11-28-31/h1-8,11-12,17,20H,9-10,13-16,18H2,(H,27,32)(H,29,33). The highest BCUT2D eigenvalue weighted by Gasteiger charge is 2.27. The van der Waals surface area contributed by atoms with Gasteiger partial charge in [-0.3, -0.25) is 9.48 Å². The number of hydrogen-bond donors (Lipinski definition) is 2. The number of amides is 3. The largest absolute Gasteiger partial charge is 0.492 e. The van der Waals surface area contributed by atoms with E-state index in [-0.39, 0.29) is 23.7 Å². The Kier molecular flexibility index (Phi) is 7.75. The summed E-state index contributed by atoms with van der Waals surface area (Å²) in [7, 11) is 0. The smallest absolute Gasteiger partial charge is 0.321 e. The molecule has 3 aromatic rings. The van der Waals surface area contributed by atoms with E-state index in [9.17, 15) is 14.0 Å². The first-order valence-electron chi connectivity index (χ1n) is 11.4. The third kappa shape index (κ3) is 6.57. The van der Waals surface area contributed by atoms with Crippen molar-refractivity contribution in [1.82, 2.24) is 20.0 Å². The SMILES string of the molecule is O=C(NCc1ccc(F)cc1)C1CCN(C(=O)Nc2cccc(OCCn3cccn3)c2)CC1. The maximum Gasteiger partial charge on any atom is 0.321 e. The number of likely N-dealkylation sites (tertiary alicyclic amines) is 1. The maximum absolute atomic E-state index is 13.0. The molecule has 2 N–H and O–H groups in total. The molecule has 0 aliphatic carbocycles. The number of carbonyl (C=O) groups excluding carboxylic acids is 2. The van der Waals surface area contributed by atoms with Crippen LogP contribution in [0.15, 0.2) is 67.0 Å². The van der Waals surface area contributed by atoms with Crippen molar-refractivity contribution in [1.29, 1.82) is 0 Å². The highest BCUT2D eigenvalue weighted by Crippen LogP contribution is 2.21. The van der Waals surface area contributed by atoms with Crippen molar-refractivity contribution in [2.75, 3.05) is 25.0 Å². The lowest BCUT2D eigenvalue weighted by Gasteiger charge is -2.31. The Labute approximate surface area is 197 Å². The van der Waals surface area contributed by atoms with Crippen LogP contribution in [0.5, 0.6) is 5.75 Å². The van der Waals surface area contributed by atoms with Gasteiger partial charge in [-0.15, -0.1) is 0 Å². The van der Waals surface area contributed by atoms with Gasteiger partial charge in [0.05, 0.1) is 6.54 Å². The average Bonchev–Trinajstić information content (AvgIpc) is 3.37. The molecule has 178 valence electrons. The van der Waals surface area contributed by atoms with Gasteiger partial charge >= 0.3 is 6.03 Å². The lowest BCUT2D eigenvalue weighted by molar-refractivity contribution is -0.126. The summed E-state index contributed by atoms with van der Waals surface area (Å²) in [6, 6.07) is 15.0. The van der Waals surface area contributed by atoms with Crippen LogP contribution in [-0.2, 0) is 17.9 Å². The van der Waals surface area contributed by atoms with Crippen LogP contribution in [0.2, 0.25) is 0 Å². The van der Waals surface area contributed by atoms with Crippen LogP contribution < -0.4 is 15.4 Å². The van der Waals surface area contributed by atoms with Crippen molar-refractivity contribution < 1.29 is 18.7 Å². The zero-order chi connectivity index (χ0) is 23.8. The van der Waals surface area contributed by atoms with Crippen LogP contribution in [0, 0.1) is 11.7 Å². The Hall–Kier alpha value is -3.88. The molecule has 1 aromatic heterocycles. The minimum absolute atomic E-state index is 0.0376. The molecule has 0 bridgehead atoms. The first-order chi connectivity index (χ1) is 16.6. The molecule has 0 saturated carbocycles. The van der Waals surface area contributed by atoms with E-state index in [1.807, 2.05) is 30.5 Å². The molecule has 3 amide bonds. The van der Waals surface area contributed by atoms with Crippen molar-refractivity contribution in [3.8, 4) is 5.75 Å². The van der Waals surface area contributed by atoms with Gasteiger partial charge in [0.2, 0.25) is 5.91 Å². The van der Waals surface area contributed by atoms with E-state index < -0.39 is 0 Å². The number of nitrogens with zero attached hydrogens (tertiary/aromatic N) is 3. The van der Waals surface area contributed by atoms with Crippen molar-refractivity contribution >= 4 is 17.6 Å². The number of nitrogens with one attached hydrogen (secondary N) is 2. The summed E-state index contributed by atoms with van der Waals surface area (Å²) in [6.45, 7) is 2.47. The number of carbonyl (C=O) groups is 2. The first-order valence-corrected chi connectivity index (χ1v) is 11.4. The molecule has 0 radical (unpaired) electrons. The summed E-state index contributed by atoms with van der Waals surface area (Å²) in [5.74, 6) is 0.187. The normalized spacial score (nSPS) is 14.0. The van der Waals surface area contributed by atoms with Crippen LogP contribution in [0.3, 0.4) is 0 Å². The van der Waals surface area contributed by atoms with Gasteiger partial charge in [0.1, 0.15) is 18.2 Å². The fourth-order valence-corrected chi connectivity index (χ4v) is 3.84. The van der Waals surface area contributed by atoms with E-state index in [2.05, 4.69) is 15.7 Å². The molecule has 4 rings (SSSR count). The lowest BCUT2D eigenvalue weighted by atomic mass is 9.96. The summed E-state index contributed by atoms with van der Waals surface area (Å²) in [4.78, 5) is 26.9. The van der Waals surface area contributed by atoms with Crippen LogP contribution in [-0.4, -0.2) is 46.3 Å². The Bertz CT molecular complexity index is 1080. The number of hydrogen-bond acceptors (Lipinski definition) is 4. The van der Waals surface area contributed by atoms with E-state index in [1.54, 1.807) is 34.0 Å². The fourth-order valence-electron chi connectivity index (χ4n) is 3.84. The number of rotatable bonds is 8. The molecule has 0 unspecified atom stereocenters. The van der Waals surface area contributed by atoms with Gasteiger partial charge < -0.3 is 20.3 Å². The maximum atomic E-state index is 13.0. The molecule has 2 heterocycles. The summed E-state index contributed by atoms with van der Waals surface area (Å²) in [6.07, 6.45) is 4.79. The molecule has 1 aliphatic heterocycles. The summed E-state index contributed by atoms with van der Waals surface area (Å²) in [5, 5.41) is 9.95. The second-order valence-electron chi connectivity index (χ2n) is 8.18. The molecule has 9 heteroatoms. The second kappa shape index (κ2) is 11.3. The van der Waals surface area contributed by atoms with E-state index in [0.717, 1.165) is 5.56 Å². The van der Waals surface area contributed by atoms with Crippen molar-refractivity contribution in [2.45, 2.75) is 25.9 Å². The van der Waals surface area contributed by atoms with Gasteiger partial charge in [0.25, 0.3) is 0 Å². The van der Waals surface area contributed by atoms with E-state index in [4.69, 9.17) is 4.74 Å². The molecule has 1 fully saturated rings. The summed E-state index contributed by atoms with van der Waals surface area (Å²) < 4.78 is 20.5. The van der Waals surface area contributed by atoms with Gasteiger partial charge in [-0.2, -0.15) is 5.10 Å². The van der Waals surface area contributed by atoms with Gasteiger partial charge in [-0.25, -0.2) is 9.18 Å². The van der Waals surface area contributed by atoms with E-state index >= 15 is 0 Å². The van der Waals surface area contributed by atoms with Crippen LogP contribution in [0.25, 0.3) is 0 Å². The minimum atomic E-state index is -0.301. The predicted molar refractivity (Wildman–Crippen MR) is 126 cm³/mol. The van der Waals surface area contributed by atoms with Crippen LogP contribution in [0.4, 0.5) is 14.9 Å². The fraction of sp³-hybridized carbons (Fsp3) is 0.320. The highest BCUT2D eigenvalue weighted by molar-refractivity contribution is 5.89. The summed E-state index contributed by atoms with van der Waals surface area (Å²) in [5.41, 5.74) is 1.50. The molecule has 1 saturated heterocycles. The number of aromatic nitrogens is 2. The monoisotopic (exact) mass is 465 g/mol.